The van der Waals surface area contributed by atoms with E-state index in [1.54, 1.807) is 0 Å². The van der Waals surface area contributed by atoms with Crippen LogP contribution in [0.1, 0.15) is 11.1 Å². The van der Waals surface area contributed by atoms with Crippen molar-refractivity contribution in [2.75, 3.05) is 4.72 Å². The van der Waals surface area contributed by atoms with Gasteiger partial charge in [0.25, 0.3) is 10.0 Å². The number of anilines is 1. The van der Waals surface area contributed by atoms with Crippen molar-refractivity contribution < 1.29 is 21.6 Å². The van der Waals surface area contributed by atoms with Crippen molar-refractivity contribution in [2.24, 2.45) is 0 Å². The first-order chi connectivity index (χ1) is 10.6. The van der Waals surface area contributed by atoms with Crippen molar-refractivity contribution in [1.82, 2.24) is 0 Å². The van der Waals surface area contributed by atoms with E-state index < -0.39 is 26.7 Å². The summed E-state index contributed by atoms with van der Waals surface area (Å²) in [5.41, 5.74) is -0.897. The summed E-state index contributed by atoms with van der Waals surface area (Å²) >= 11 is 5.85. The second-order valence-corrected chi connectivity index (χ2v) is 6.53. The van der Waals surface area contributed by atoms with E-state index in [0.29, 0.717) is 6.07 Å². The highest BCUT2D eigenvalue weighted by atomic mass is 35.5. The molecule has 2 rings (SSSR count). The van der Waals surface area contributed by atoms with Gasteiger partial charge in [0, 0.05) is 0 Å². The second-order valence-electron chi connectivity index (χ2n) is 4.44. The molecule has 0 bridgehead atoms. The van der Waals surface area contributed by atoms with E-state index in [-0.39, 0.29) is 16.3 Å². The fraction of sp³-hybridized carbons (Fsp3) is 0.0714. The zero-order valence-corrected chi connectivity index (χ0v) is 12.8. The van der Waals surface area contributed by atoms with Gasteiger partial charge in [-0.1, -0.05) is 17.7 Å². The number of nitrogens with one attached hydrogen (secondary N) is 1. The molecule has 0 aromatic heterocycles. The summed E-state index contributed by atoms with van der Waals surface area (Å²) in [6.07, 6.45) is -4.66. The number of hydrogen-bond donors (Lipinski definition) is 1. The molecule has 1 N–H and O–H groups in total. The smallest absolute Gasteiger partial charge is 0.278 e. The lowest BCUT2D eigenvalue weighted by molar-refractivity contribution is -0.137. The van der Waals surface area contributed by atoms with Gasteiger partial charge >= 0.3 is 6.18 Å². The molecule has 0 aliphatic heterocycles. The third-order valence-electron chi connectivity index (χ3n) is 2.81. The van der Waals surface area contributed by atoms with E-state index in [0.717, 1.165) is 18.2 Å². The Balaban J connectivity index is 2.39. The topological polar surface area (TPSA) is 70.0 Å². The molecule has 120 valence electrons. The van der Waals surface area contributed by atoms with Crippen LogP contribution in [0.5, 0.6) is 0 Å². The SMILES string of the molecule is N#Cc1ccc(NS(=O)(=O)c2cccc(C(F)(F)F)c2)c(Cl)c1. The quantitative estimate of drug-likeness (QED) is 0.898. The van der Waals surface area contributed by atoms with Crippen LogP contribution >= 0.6 is 11.6 Å². The average molecular weight is 361 g/mol. The Morgan fingerprint density at radius 3 is 2.39 bits per heavy atom. The van der Waals surface area contributed by atoms with Gasteiger partial charge in [-0.2, -0.15) is 18.4 Å². The van der Waals surface area contributed by atoms with Crippen LogP contribution in [0.25, 0.3) is 0 Å². The first kappa shape index (κ1) is 17.1. The van der Waals surface area contributed by atoms with Gasteiger partial charge in [-0.25, -0.2) is 8.42 Å². The van der Waals surface area contributed by atoms with Gasteiger partial charge in [-0.3, -0.25) is 4.72 Å². The van der Waals surface area contributed by atoms with Gasteiger partial charge < -0.3 is 0 Å². The minimum Gasteiger partial charge on any atom is -0.278 e. The fourth-order valence-electron chi connectivity index (χ4n) is 1.71. The van der Waals surface area contributed by atoms with Crippen molar-refractivity contribution >= 4 is 27.3 Å². The van der Waals surface area contributed by atoms with Gasteiger partial charge in [0.15, 0.2) is 0 Å². The molecule has 0 aliphatic rings. The Morgan fingerprint density at radius 1 is 1.13 bits per heavy atom. The van der Waals surface area contributed by atoms with Gasteiger partial charge in [0.1, 0.15) is 0 Å². The Hall–Kier alpha value is -2.24. The van der Waals surface area contributed by atoms with E-state index in [9.17, 15) is 21.6 Å². The third kappa shape index (κ3) is 3.94. The highest BCUT2D eigenvalue weighted by molar-refractivity contribution is 7.92. The molecule has 0 saturated carbocycles. The number of nitriles is 1. The number of alkyl halides is 3. The molecule has 4 nitrogen and oxygen atoms in total. The van der Waals surface area contributed by atoms with Crippen molar-refractivity contribution in [1.29, 1.82) is 5.26 Å². The summed E-state index contributed by atoms with van der Waals surface area (Å²) < 4.78 is 64.5. The van der Waals surface area contributed by atoms with Gasteiger partial charge in [0.05, 0.1) is 32.8 Å². The third-order valence-corrected chi connectivity index (χ3v) is 4.49. The predicted octanol–water partition coefficient (Wildman–Crippen LogP) is 4.03. The Kier molecular flexibility index (Phi) is 4.54. The van der Waals surface area contributed by atoms with Crippen LogP contribution in [0.2, 0.25) is 5.02 Å². The lowest BCUT2D eigenvalue weighted by Crippen LogP contribution is -2.15. The number of benzene rings is 2. The largest absolute Gasteiger partial charge is 0.416 e. The average Bonchev–Trinajstić information content (AvgIpc) is 2.48. The Morgan fingerprint density at radius 2 is 1.83 bits per heavy atom. The zero-order chi connectivity index (χ0) is 17.3. The standard InChI is InChI=1S/C14H8ClF3N2O2S/c15-12-6-9(8-19)4-5-13(12)20-23(21,22)11-3-1-2-10(7-11)14(16,17)18/h1-7,20H. The maximum atomic E-state index is 12.7. The number of halogens is 4. The molecular formula is C14H8ClF3N2O2S. The first-order valence-electron chi connectivity index (χ1n) is 6.03. The molecule has 0 radical (unpaired) electrons. The Bertz CT molecular complexity index is 890. The summed E-state index contributed by atoms with van der Waals surface area (Å²) in [6, 6.07) is 8.99. The monoisotopic (exact) mass is 360 g/mol. The number of rotatable bonds is 3. The van der Waals surface area contributed by atoms with Crippen LogP contribution in [0.15, 0.2) is 47.4 Å². The molecule has 23 heavy (non-hydrogen) atoms. The lowest BCUT2D eigenvalue weighted by Gasteiger charge is -2.12. The number of sulfonamides is 1. The summed E-state index contributed by atoms with van der Waals surface area (Å²) in [6.45, 7) is 0. The highest BCUT2D eigenvalue weighted by Gasteiger charge is 2.31. The van der Waals surface area contributed by atoms with E-state index in [1.807, 2.05) is 6.07 Å². The molecule has 0 amide bonds. The molecule has 0 aliphatic carbocycles. The predicted molar refractivity (Wildman–Crippen MR) is 78.4 cm³/mol. The molecule has 0 heterocycles. The maximum Gasteiger partial charge on any atom is 0.416 e. The van der Waals surface area contributed by atoms with Crippen molar-refractivity contribution in [3.8, 4) is 6.07 Å². The van der Waals surface area contributed by atoms with Crippen LogP contribution in [0.4, 0.5) is 18.9 Å². The molecule has 2 aromatic carbocycles. The minimum absolute atomic E-state index is 0.0388. The summed E-state index contributed by atoms with van der Waals surface area (Å²) in [5, 5.41) is 8.67. The van der Waals surface area contributed by atoms with Crippen molar-refractivity contribution in [3.63, 3.8) is 0 Å². The van der Waals surface area contributed by atoms with Crippen molar-refractivity contribution in [2.45, 2.75) is 11.1 Å². The maximum absolute atomic E-state index is 12.7. The van der Waals surface area contributed by atoms with Crippen LogP contribution in [0.3, 0.4) is 0 Å². The summed E-state index contributed by atoms with van der Waals surface area (Å²) in [5.74, 6) is 0. The molecule has 0 atom stereocenters. The van der Waals surface area contributed by atoms with Crippen LogP contribution in [0, 0.1) is 11.3 Å². The number of nitrogens with zero attached hydrogens (tertiary/aromatic N) is 1. The summed E-state index contributed by atoms with van der Waals surface area (Å²) in [4.78, 5) is -0.548. The van der Waals surface area contributed by atoms with E-state index in [1.165, 1.54) is 18.2 Å². The van der Waals surface area contributed by atoms with Crippen LogP contribution in [-0.2, 0) is 16.2 Å². The molecule has 0 spiro atoms. The lowest BCUT2D eigenvalue weighted by atomic mass is 10.2. The molecule has 0 unspecified atom stereocenters. The van der Waals surface area contributed by atoms with Gasteiger partial charge in [-0.05, 0) is 36.4 Å². The molecule has 9 heteroatoms. The fourth-order valence-corrected chi connectivity index (χ4v) is 3.12. The van der Waals surface area contributed by atoms with E-state index in [2.05, 4.69) is 4.72 Å². The summed E-state index contributed by atoms with van der Waals surface area (Å²) in [7, 11) is -4.26. The first-order valence-corrected chi connectivity index (χ1v) is 7.89. The van der Waals surface area contributed by atoms with Crippen LogP contribution < -0.4 is 4.72 Å². The van der Waals surface area contributed by atoms with Crippen molar-refractivity contribution in [3.05, 3.63) is 58.6 Å². The Labute approximate surface area is 135 Å². The second kappa shape index (κ2) is 6.10. The molecule has 0 saturated heterocycles. The number of hydrogen-bond acceptors (Lipinski definition) is 3. The van der Waals surface area contributed by atoms with E-state index >= 15 is 0 Å². The normalized spacial score (nSPS) is 11.8. The van der Waals surface area contributed by atoms with E-state index in [4.69, 9.17) is 16.9 Å². The van der Waals surface area contributed by atoms with Gasteiger partial charge in [0.2, 0.25) is 0 Å². The highest BCUT2D eigenvalue weighted by Crippen LogP contribution is 2.31. The zero-order valence-electron chi connectivity index (χ0n) is 11.2. The van der Waals surface area contributed by atoms with Crippen LogP contribution in [-0.4, -0.2) is 8.42 Å². The molecule has 0 fully saturated rings. The minimum atomic E-state index is -4.66. The molecular weight excluding hydrogens is 353 g/mol. The molecule has 2 aromatic rings. The van der Waals surface area contributed by atoms with Gasteiger partial charge in [-0.15, -0.1) is 0 Å².